The lowest BCUT2D eigenvalue weighted by Crippen LogP contribution is -2.39. The van der Waals surface area contributed by atoms with Crippen LogP contribution < -0.4 is 5.32 Å². The third-order valence-corrected chi connectivity index (χ3v) is 3.82. The van der Waals surface area contributed by atoms with Gasteiger partial charge < -0.3 is 10.2 Å². The maximum atomic E-state index is 12.3. The minimum Gasteiger partial charge on any atom is -0.341 e. The van der Waals surface area contributed by atoms with Crippen molar-refractivity contribution in [3.8, 4) is 0 Å². The van der Waals surface area contributed by atoms with Gasteiger partial charge in [-0.15, -0.1) is 0 Å². The van der Waals surface area contributed by atoms with Gasteiger partial charge in [-0.05, 0) is 37.9 Å². The van der Waals surface area contributed by atoms with Crippen LogP contribution in [0.4, 0.5) is 0 Å². The highest BCUT2D eigenvalue weighted by Gasteiger charge is 2.23. The van der Waals surface area contributed by atoms with E-state index < -0.39 is 0 Å². The number of hydrogen-bond donors (Lipinski definition) is 1. The second-order valence-corrected chi connectivity index (χ2v) is 5.26. The molecular weight excluding hydrogens is 224 g/mol. The molecule has 1 heterocycles. The number of carbonyl (C=O) groups is 1. The van der Waals surface area contributed by atoms with Gasteiger partial charge in [-0.1, -0.05) is 23.8 Å². The molecule has 1 aliphatic rings. The highest BCUT2D eigenvalue weighted by atomic mass is 16.2. The standard InChI is InChI=1S/C15H22N2O/c1-11-4-5-12(2)13(8-11)9-15(18)17(3)14-6-7-16-10-14/h4-5,8,14,16H,6-7,9-10H2,1-3H3/t14-/m1/s1. The molecule has 3 nitrogen and oxygen atoms in total. The first-order valence-electron chi connectivity index (χ1n) is 6.60. The smallest absolute Gasteiger partial charge is 0.227 e. The molecule has 0 aliphatic carbocycles. The van der Waals surface area contributed by atoms with Gasteiger partial charge in [0.25, 0.3) is 0 Å². The van der Waals surface area contributed by atoms with Crippen molar-refractivity contribution in [1.82, 2.24) is 10.2 Å². The highest BCUT2D eigenvalue weighted by molar-refractivity contribution is 5.79. The van der Waals surface area contributed by atoms with E-state index in [4.69, 9.17) is 0 Å². The molecule has 18 heavy (non-hydrogen) atoms. The summed E-state index contributed by atoms with van der Waals surface area (Å²) in [6.45, 7) is 6.08. The zero-order valence-corrected chi connectivity index (χ0v) is 11.5. The summed E-state index contributed by atoms with van der Waals surface area (Å²) in [4.78, 5) is 14.2. The van der Waals surface area contributed by atoms with Gasteiger partial charge in [-0.2, -0.15) is 0 Å². The second-order valence-electron chi connectivity index (χ2n) is 5.26. The molecule has 0 saturated carbocycles. The molecule has 0 aromatic heterocycles. The Kier molecular flexibility index (Phi) is 4.02. The Hall–Kier alpha value is -1.35. The lowest BCUT2D eigenvalue weighted by atomic mass is 10.0. The zero-order valence-electron chi connectivity index (χ0n) is 11.5. The van der Waals surface area contributed by atoms with Crippen molar-refractivity contribution in [3.63, 3.8) is 0 Å². The molecule has 1 aliphatic heterocycles. The number of nitrogens with zero attached hydrogens (tertiary/aromatic N) is 1. The first kappa shape index (κ1) is 13.1. The summed E-state index contributed by atoms with van der Waals surface area (Å²) in [5, 5.41) is 3.30. The molecule has 1 atom stereocenters. The summed E-state index contributed by atoms with van der Waals surface area (Å²) in [5.41, 5.74) is 3.57. The Balaban J connectivity index is 2.03. The van der Waals surface area contributed by atoms with Crippen molar-refractivity contribution in [2.75, 3.05) is 20.1 Å². The van der Waals surface area contributed by atoms with E-state index in [0.717, 1.165) is 25.1 Å². The number of rotatable bonds is 3. The van der Waals surface area contributed by atoms with E-state index in [9.17, 15) is 4.79 Å². The summed E-state index contributed by atoms with van der Waals surface area (Å²) in [6, 6.07) is 6.67. The summed E-state index contributed by atoms with van der Waals surface area (Å²) in [5.74, 6) is 0.220. The fourth-order valence-corrected chi connectivity index (χ4v) is 2.45. The lowest BCUT2D eigenvalue weighted by molar-refractivity contribution is -0.130. The monoisotopic (exact) mass is 246 g/mol. The molecule has 3 heteroatoms. The van der Waals surface area contributed by atoms with Gasteiger partial charge in [0.2, 0.25) is 5.91 Å². The number of amides is 1. The summed E-state index contributed by atoms with van der Waals surface area (Å²) >= 11 is 0. The Morgan fingerprint density at radius 2 is 2.22 bits per heavy atom. The number of nitrogens with one attached hydrogen (secondary N) is 1. The van der Waals surface area contributed by atoms with E-state index >= 15 is 0 Å². The molecule has 1 aromatic rings. The van der Waals surface area contributed by atoms with E-state index in [1.54, 1.807) is 0 Å². The fourth-order valence-electron chi connectivity index (χ4n) is 2.45. The minimum atomic E-state index is 0.220. The molecule has 1 fully saturated rings. The van der Waals surface area contributed by atoms with Gasteiger partial charge in [0.05, 0.1) is 6.42 Å². The Labute approximate surface area is 109 Å². The molecule has 0 radical (unpaired) electrons. The Bertz CT molecular complexity index is 436. The normalized spacial score (nSPS) is 18.9. The average Bonchev–Trinajstić information content (AvgIpc) is 2.86. The van der Waals surface area contributed by atoms with Crippen LogP contribution in [-0.2, 0) is 11.2 Å². The first-order chi connectivity index (χ1) is 8.58. The molecule has 1 aromatic carbocycles. The van der Waals surface area contributed by atoms with Crippen LogP contribution in [0.1, 0.15) is 23.1 Å². The van der Waals surface area contributed by atoms with Crippen LogP contribution in [0.15, 0.2) is 18.2 Å². The number of benzene rings is 1. The van der Waals surface area contributed by atoms with Crippen LogP contribution in [0.5, 0.6) is 0 Å². The fraction of sp³-hybridized carbons (Fsp3) is 0.533. The second kappa shape index (κ2) is 5.53. The van der Waals surface area contributed by atoms with Crippen LogP contribution in [0.25, 0.3) is 0 Å². The molecule has 0 spiro atoms. The van der Waals surface area contributed by atoms with Gasteiger partial charge in [0.15, 0.2) is 0 Å². The minimum absolute atomic E-state index is 0.220. The molecule has 1 N–H and O–H groups in total. The van der Waals surface area contributed by atoms with Crippen molar-refractivity contribution in [1.29, 1.82) is 0 Å². The average molecular weight is 246 g/mol. The number of likely N-dealkylation sites (N-methyl/N-ethyl adjacent to an activating group) is 1. The summed E-state index contributed by atoms with van der Waals surface area (Å²) < 4.78 is 0. The van der Waals surface area contributed by atoms with E-state index in [1.807, 2.05) is 11.9 Å². The predicted molar refractivity (Wildman–Crippen MR) is 73.7 cm³/mol. The van der Waals surface area contributed by atoms with Crippen molar-refractivity contribution in [3.05, 3.63) is 34.9 Å². The summed E-state index contributed by atoms with van der Waals surface area (Å²) in [7, 11) is 1.92. The number of carbonyl (C=O) groups excluding carboxylic acids is 1. The molecule has 98 valence electrons. The van der Waals surface area contributed by atoms with Crippen LogP contribution in [0, 0.1) is 13.8 Å². The van der Waals surface area contributed by atoms with Crippen molar-refractivity contribution in [2.24, 2.45) is 0 Å². The first-order valence-corrected chi connectivity index (χ1v) is 6.60. The van der Waals surface area contributed by atoms with Gasteiger partial charge in [0.1, 0.15) is 0 Å². The van der Waals surface area contributed by atoms with E-state index in [-0.39, 0.29) is 5.91 Å². The van der Waals surface area contributed by atoms with E-state index in [0.29, 0.717) is 12.5 Å². The third kappa shape index (κ3) is 2.91. The molecule has 0 unspecified atom stereocenters. The van der Waals surface area contributed by atoms with Crippen molar-refractivity contribution in [2.45, 2.75) is 32.7 Å². The Morgan fingerprint density at radius 1 is 1.44 bits per heavy atom. The molecule has 2 rings (SSSR count). The maximum Gasteiger partial charge on any atom is 0.227 e. The van der Waals surface area contributed by atoms with E-state index in [1.165, 1.54) is 11.1 Å². The third-order valence-electron chi connectivity index (χ3n) is 3.82. The number of hydrogen-bond acceptors (Lipinski definition) is 2. The van der Waals surface area contributed by atoms with Crippen LogP contribution in [0.2, 0.25) is 0 Å². The van der Waals surface area contributed by atoms with Crippen LogP contribution >= 0.6 is 0 Å². The topological polar surface area (TPSA) is 32.3 Å². The van der Waals surface area contributed by atoms with Gasteiger partial charge in [0, 0.05) is 19.6 Å². The highest BCUT2D eigenvalue weighted by Crippen LogP contribution is 2.14. The molecule has 1 saturated heterocycles. The predicted octanol–water partition coefficient (Wildman–Crippen LogP) is 1.67. The van der Waals surface area contributed by atoms with Crippen LogP contribution in [-0.4, -0.2) is 37.0 Å². The van der Waals surface area contributed by atoms with Crippen LogP contribution in [0.3, 0.4) is 0 Å². The quantitative estimate of drug-likeness (QED) is 0.880. The largest absolute Gasteiger partial charge is 0.341 e. The zero-order chi connectivity index (χ0) is 13.1. The van der Waals surface area contributed by atoms with Gasteiger partial charge in [-0.25, -0.2) is 0 Å². The van der Waals surface area contributed by atoms with Gasteiger partial charge >= 0.3 is 0 Å². The van der Waals surface area contributed by atoms with Crippen molar-refractivity contribution >= 4 is 5.91 Å². The maximum absolute atomic E-state index is 12.3. The SMILES string of the molecule is Cc1ccc(C)c(CC(=O)N(C)[C@@H]2CCNC2)c1. The molecule has 1 amide bonds. The van der Waals surface area contributed by atoms with Crippen molar-refractivity contribution < 1.29 is 4.79 Å². The Morgan fingerprint density at radius 3 is 2.89 bits per heavy atom. The van der Waals surface area contributed by atoms with Gasteiger partial charge in [-0.3, -0.25) is 4.79 Å². The molecular formula is C15H22N2O. The van der Waals surface area contributed by atoms with E-state index in [2.05, 4.69) is 37.4 Å². The lowest BCUT2D eigenvalue weighted by Gasteiger charge is -2.24. The number of aryl methyl sites for hydroxylation is 2. The molecule has 0 bridgehead atoms. The summed E-state index contributed by atoms with van der Waals surface area (Å²) in [6.07, 6.45) is 1.58.